The minimum Gasteiger partial charge on any atom is -0.508 e. The number of rotatable bonds is 9. The summed E-state index contributed by atoms with van der Waals surface area (Å²) in [6, 6.07) is 14.6. The molecule has 2 bridgehead atoms. The number of phenolic OH excluding ortho intramolecular Hbond substituents is 2. The number of methoxy groups -OCH3 is 1. The van der Waals surface area contributed by atoms with E-state index in [1.165, 1.54) is 0 Å². The summed E-state index contributed by atoms with van der Waals surface area (Å²) < 4.78 is 13.6. The molecule has 3 heterocycles. The summed E-state index contributed by atoms with van der Waals surface area (Å²) in [6.45, 7) is 1.38. The van der Waals surface area contributed by atoms with E-state index in [4.69, 9.17) is 9.47 Å². The minimum absolute atomic E-state index is 0.00518. The Morgan fingerprint density at radius 3 is 2.50 bits per heavy atom. The zero-order valence-corrected chi connectivity index (χ0v) is 43.5. The van der Waals surface area contributed by atoms with Gasteiger partial charge in [-0.1, -0.05) is 65.1 Å². The average molecular weight is 1020 g/mol. The van der Waals surface area contributed by atoms with Crippen LogP contribution >= 0.6 is 21.6 Å². The maximum Gasteiger partial charge on any atom is 0.168 e. The van der Waals surface area contributed by atoms with Crippen LogP contribution in [0.4, 0.5) is 5.69 Å². The molecule has 0 unspecified atom stereocenters. The lowest BCUT2D eigenvalue weighted by Crippen LogP contribution is -2.44. The molecule has 6 aliphatic rings. The molecule has 12 nitrogen and oxygen atoms in total. The normalized spacial score (nSPS) is 29.7. The average Bonchev–Trinajstić information content (AvgIpc) is 3.50. The quantitative estimate of drug-likeness (QED) is 0.0737. The van der Waals surface area contributed by atoms with Crippen LogP contribution in [-0.4, -0.2) is 91.6 Å². The minimum atomic E-state index is -0.743. The van der Waals surface area contributed by atoms with Gasteiger partial charge in [0.2, 0.25) is 0 Å². The van der Waals surface area contributed by atoms with E-state index in [-0.39, 0.29) is 84.1 Å². The third-order valence-corrected chi connectivity index (χ3v) is 20.4. The molecule has 1 saturated carbocycles. The fourth-order valence-electron chi connectivity index (χ4n) is 13.8. The second-order valence-corrected chi connectivity index (χ2v) is 24.7. The Bertz CT molecular complexity index is 2640. The highest BCUT2D eigenvalue weighted by molar-refractivity contribution is 8.76. The fraction of sp³-hybridized carbons (Fsp3) is 0.586. The number of ketones is 2. The SMILES string of the molecule is COc1c(O)ccc2c1-c1ccc3ccc(O)cc3c1[C@@H]1CC[C@@H](C[C@@H](O)CSS1)[C@@H](O[C@@H]1N[C@@H](CCC3(O)CCCCC3)CC[C@@H]3c4c1cc(CO)c1c4[C@@H](CC[C@H](C(C)=O)N1)C[C@@H]3CO)CC(=O)CC2. The molecule has 0 aromatic heterocycles. The van der Waals surface area contributed by atoms with Crippen molar-refractivity contribution in [1.82, 2.24) is 5.32 Å². The molecule has 0 amide bonds. The number of anilines is 1. The van der Waals surface area contributed by atoms with E-state index >= 15 is 0 Å². The predicted octanol–water partition coefficient (Wildman–Crippen LogP) is 10.6. The first kappa shape index (κ1) is 51.6. The van der Waals surface area contributed by atoms with Crippen molar-refractivity contribution in [2.24, 2.45) is 11.8 Å². The standard InChI is InChI=1S/C58H74N2O10S2/c1-32(63)47-17-9-36-24-37(29-61)43-16-12-39(20-23-58(68)21-4-3-5-22-58)59-57(46-26-38(30-62)55(60-47)52(36)54(43)46)70-49-28-41(65)14-7-34-10-18-48(67)56(69-2)51(34)44-15-8-33-6-13-40(64)27-45(33)53(44)50-19-11-35(49)25-42(66)31-71-72-50/h6,8,10,13,15,18,26-27,35-37,39,42-43,47,49-50,57,59-62,64,66-68H,3-5,7,9,11-12,14,16-17,19-25,28-31H2,1-2H3/t35-,36-,37+,39+,42+,43-,47+,49-,50-,57-/m0/s1. The Labute approximate surface area is 431 Å². The van der Waals surface area contributed by atoms with Gasteiger partial charge in [0.1, 0.15) is 17.8 Å². The summed E-state index contributed by atoms with van der Waals surface area (Å²) >= 11 is 0. The van der Waals surface area contributed by atoms with Gasteiger partial charge in [0.05, 0.1) is 37.6 Å². The van der Waals surface area contributed by atoms with Crippen LogP contribution in [-0.2, 0) is 27.4 Å². The highest BCUT2D eigenvalue weighted by atomic mass is 33.1. The molecular formula is C58H74N2O10S2. The van der Waals surface area contributed by atoms with Crippen molar-refractivity contribution in [3.8, 4) is 28.4 Å². The third kappa shape index (κ3) is 10.5. The molecule has 4 aromatic carbocycles. The smallest absolute Gasteiger partial charge is 0.168 e. The van der Waals surface area contributed by atoms with Gasteiger partial charge in [-0.3, -0.25) is 14.9 Å². The number of benzene rings is 4. The number of aliphatic hydroxyl groups is 4. The molecular weight excluding hydrogens is 949 g/mol. The summed E-state index contributed by atoms with van der Waals surface area (Å²) in [4.78, 5) is 27.9. The number of ether oxygens (including phenoxy) is 2. The van der Waals surface area contributed by atoms with E-state index in [2.05, 4.69) is 16.7 Å². The van der Waals surface area contributed by atoms with Crippen molar-refractivity contribution >= 4 is 49.6 Å². The van der Waals surface area contributed by atoms with Gasteiger partial charge in [-0.2, -0.15) is 0 Å². The van der Waals surface area contributed by atoms with E-state index in [9.17, 15) is 40.2 Å². The number of carbonyl (C=O) groups is 2. The number of aryl methyl sites for hydroxylation is 1. The highest BCUT2D eigenvalue weighted by Gasteiger charge is 2.45. The Morgan fingerprint density at radius 2 is 1.72 bits per heavy atom. The summed E-state index contributed by atoms with van der Waals surface area (Å²) in [5.74, 6) is 0.709. The van der Waals surface area contributed by atoms with Gasteiger partial charge < -0.3 is 45.4 Å². The monoisotopic (exact) mass is 1020 g/mol. The Kier molecular flexibility index (Phi) is 15.9. The fourth-order valence-corrected chi connectivity index (χ4v) is 16.7. The molecule has 388 valence electrons. The Hall–Kier alpha value is -3.86. The van der Waals surface area contributed by atoms with Gasteiger partial charge >= 0.3 is 0 Å². The number of hydrogen-bond acceptors (Lipinski definition) is 14. The molecule has 0 radical (unpaired) electrons. The van der Waals surface area contributed by atoms with Crippen molar-refractivity contribution in [2.75, 3.05) is 24.8 Å². The molecule has 14 heteroatoms. The molecule has 0 spiro atoms. The molecule has 2 fully saturated rings. The first-order valence-electron chi connectivity index (χ1n) is 26.8. The number of nitrogens with one attached hydrogen (secondary N) is 2. The van der Waals surface area contributed by atoms with E-state index in [0.29, 0.717) is 62.0 Å². The molecule has 72 heavy (non-hydrogen) atoms. The molecule has 10 atom stereocenters. The molecule has 8 N–H and O–H groups in total. The molecule has 4 aromatic rings. The van der Waals surface area contributed by atoms with Crippen LogP contribution in [0.15, 0.2) is 48.5 Å². The molecule has 1 saturated heterocycles. The lowest BCUT2D eigenvalue weighted by Gasteiger charge is -2.45. The van der Waals surface area contributed by atoms with Crippen molar-refractivity contribution in [3.63, 3.8) is 0 Å². The summed E-state index contributed by atoms with van der Waals surface area (Å²) in [5.41, 5.74) is 7.31. The van der Waals surface area contributed by atoms with Gasteiger partial charge in [0.15, 0.2) is 17.3 Å². The zero-order valence-electron chi connectivity index (χ0n) is 41.9. The van der Waals surface area contributed by atoms with Crippen molar-refractivity contribution in [2.45, 2.75) is 182 Å². The zero-order chi connectivity index (χ0) is 50.3. The van der Waals surface area contributed by atoms with Gasteiger partial charge in [0, 0.05) is 53.3 Å². The number of fused-ring (bicyclic) bond motifs is 9. The van der Waals surface area contributed by atoms with Crippen LogP contribution in [0.2, 0.25) is 0 Å². The van der Waals surface area contributed by atoms with Crippen molar-refractivity contribution in [3.05, 3.63) is 81.9 Å². The molecule has 3 aliphatic heterocycles. The topological polar surface area (TPSA) is 198 Å². The number of aromatic hydroxyl groups is 2. The van der Waals surface area contributed by atoms with Gasteiger partial charge in [-0.15, -0.1) is 0 Å². The van der Waals surface area contributed by atoms with Crippen LogP contribution < -0.4 is 15.4 Å². The van der Waals surface area contributed by atoms with Crippen LogP contribution in [0.5, 0.6) is 17.2 Å². The third-order valence-electron chi connectivity index (χ3n) is 17.5. The molecule has 3 aliphatic carbocycles. The van der Waals surface area contributed by atoms with Gasteiger partial charge in [0.25, 0.3) is 0 Å². The summed E-state index contributed by atoms with van der Waals surface area (Å²) in [7, 11) is 4.87. The number of aliphatic hydroxyl groups excluding tert-OH is 3. The van der Waals surface area contributed by atoms with E-state index in [1.54, 1.807) is 47.8 Å². The maximum atomic E-state index is 14.8. The number of hydrogen-bond donors (Lipinski definition) is 8. The largest absolute Gasteiger partial charge is 0.508 e. The maximum absolute atomic E-state index is 14.8. The second kappa shape index (κ2) is 22.2. The number of Topliss-reactive ketones (excluding diaryl/α,β-unsaturated/α-hetero) is 2. The van der Waals surface area contributed by atoms with Gasteiger partial charge in [-0.05, 0) is 182 Å². The van der Waals surface area contributed by atoms with Crippen molar-refractivity contribution < 1.29 is 49.7 Å². The van der Waals surface area contributed by atoms with E-state index < -0.39 is 30.1 Å². The first-order valence-corrected chi connectivity index (χ1v) is 29.2. The number of carbonyl (C=O) groups excluding carboxylic acids is 2. The number of phenols is 2. The first-order chi connectivity index (χ1) is 34.8. The molecule has 10 rings (SSSR count). The highest BCUT2D eigenvalue weighted by Crippen LogP contribution is 2.56. The summed E-state index contributed by atoms with van der Waals surface area (Å²) in [6.07, 6.45) is 10.1. The van der Waals surface area contributed by atoms with Crippen LogP contribution in [0.1, 0.15) is 173 Å². The Balaban J connectivity index is 1.11. The van der Waals surface area contributed by atoms with Crippen LogP contribution in [0.3, 0.4) is 0 Å². The van der Waals surface area contributed by atoms with Crippen molar-refractivity contribution in [1.29, 1.82) is 0 Å². The lowest BCUT2D eigenvalue weighted by atomic mass is 9.65. The van der Waals surface area contributed by atoms with E-state index in [0.717, 1.165) is 113 Å². The summed E-state index contributed by atoms with van der Waals surface area (Å²) in [5, 5.41) is 77.9. The second-order valence-electron chi connectivity index (χ2n) is 22.1. The Morgan fingerprint density at radius 1 is 0.903 bits per heavy atom. The predicted molar refractivity (Wildman–Crippen MR) is 285 cm³/mol. The lowest BCUT2D eigenvalue weighted by molar-refractivity contribution is -0.128. The van der Waals surface area contributed by atoms with Crippen LogP contribution in [0, 0.1) is 11.8 Å². The van der Waals surface area contributed by atoms with Crippen LogP contribution in [0.25, 0.3) is 21.9 Å². The van der Waals surface area contributed by atoms with E-state index in [1.807, 2.05) is 30.3 Å². The van der Waals surface area contributed by atoms with Gasteiger partial charge in [-0.25, -0.2) is 0 Å².